The highest BCUT2D eigenvalue weighted by Gasteiger charge is 2.25. The molecule has 0 radical (unpaired) electrons. The van der Waals surface area contributed by atoms with E-state index in [1.54, 1.807) is 6.33 Å². The summed E-state index contributed by atoms with van der Waals surface area (Å²) in [5.41, 5.74) is 3.70. The largest absolute Gasteiger partial charge is 0.494 e. The molecule has 5 rings (SSSR count). The van der Waals surface area contributed by atoms with E-state index in [1.807, 2.05) is 65.2 Å². The molecule has 1 fully saturated rings. The first-order chi connectivity index (χ1) is 18.2. The lowest BCUT2D eigenvalue weighted by atomic mass is 10.1. The maximum Gasteiger partial charge on any atom is 0.254 e. The van der Waals surface area contributed by atoms with E-state index in [1.165, 1.54) is 0 Å². The Morgan fingerprint density at radius 2 is 1.79 bits per heavy atom. The summed E-state index contributed by atoms with van der Waals surface area (Å²) in [6.45, 7) is 9.51. The maximum atomic E-state index is 13.3. The Morgan fingerprint density at radius 3 is 2.56 bits per heavy atom. The van der Waals surface area contributed by atoms with Gasteiger partial charge in [0.2, 0.25) is 0 Å². The van der Waals surface area contributed by atoms with Gasteiger partial charge in [-0.2, -0.15) is 5.10 Å². The molecule has 1 amide bonds. The van der Waals surface area contributed by atoms with E-state index in [4.69, 9.17) is 4.74 Å². The smallest absolute Gasteiger partial charge is 0.254 e. The van der Waals surface area contributed by atoms with Crippen molar-refractivity contribution in [2.75, 3.05) is 44.2 Å². The number of ether oxygens (including phenoxy) is 1. The Kier molecular flexibility index (Phi) is 10.9. The minimum Gasteiger partial charge on any atom is -0.494 e. The molecule has 1 aliphatic rings. The lowest BCUT2D eigenvalue weighted by Gasteiger charge is -2.35. The average Bonchev–Trinajstić information content (AvgIpc) is 3.35. The molecule has 9 nitrogen and oxygen atoms in total. The third-order valence-corrected chi connectivity index (χ3v) is 6.63. The summed E-state index contributed by atoms with van der Waals surface area (Å²) in [6.07, 6.45) is 3.44. The number of amides is 1. The van der Waals surface area contributed by atoms with Crippen molar-refractivity contribution in [1.82, 2.24) is 30.0 Å². The van der Waals surface area contributed by atoms with Crippen LogP contribution in [0.1, 0.15) is 35.3 Å². The van der Waals surface area contributed by atoms with E-state index in [0.717, 1.165) is 45.8 Å². The van der Waals surface area contributed by atoms with E-state index >= 15 is 0 Å². The molecule has 0 saturated carbocycles. The van der Waals surface area contributed by atoms with E-state index in [9.17, 15) is 4.79 Å². The van der Waals surface area contributed by atoms with Crippen molar-refractivity contribution >= 4 is 47.6 Å². The molecule has 0 atom stereocenters. The van der Waals surface area contributed by atoms with Crippen molar-refractivity contribution in [2.24, 2.45) is 0 Å². The molecule has 2 aromatic carbocycles. The summed E-state index contributed by atoms with van der Waals surface area (Å²) in [4.78, 5) is 26.6. The van der Waals surface area contributed by atoms with E-state index < -0.39 is 0 Å². The molecule has 0 aliphatic carbocycles. The van der Waals surface area contributed by atoms with Crippen molar-refractivity contribution < 1.29 is 9.53 Å². The third kappa shape index (κ3) is 6.79. The van der Waals surface area contributed by atoms with Crippen LogP contribution in [0.15, 0.2) is 61.1 Å². The van der Waals surface area contributed by atoms with Crippen LogP contribution in [-0.2, 0) is 13.1 Å². The first kappa shape index (κ1) is 30.1. The van der Waals surface area contributed by atoms with Crippen molar-refractivity contribution in [3.8, 4) is 5.75 Å². The molecule has 1 N–H and O–H groups in total. The maximum absolute atomic E-state index is 13.3. The van der Waals surface area contributed by atoms with Crippen LogP contribution in [0, 0.1) is 0 Å². The number of carbonyl (C=O) groups is 1. The number of rotatable bonds is 9. The Bertz CT molecular complexity index is 1370. The number of hydrogen-bond donors (Lipinski definition) is 1. The summed E-state index contributed by atoms with van der Waals surface area (Å²) in [7, 11) is 0. The summed E-state index contributed by atoms with van der Waals surface area (Å²) in [6, 6.07) is 15.9. The summed E-state index contributed by atoms with van der Waals surface area (Å²) < 4.78 is 7.53. The van der Waals surface area contributed by atoms with Crippen LogP contribution >= 0.6 is 24.8 Å². The summed E-state index contributed by atoms with van der Waals surface area (Å²) in [5.74, 6) is 1.80. The number of piperazine rings is 1. The van der Waals surface area contributed by atoms with Crippen LogP contribution in [0.2, 0.25) is 0 Å². The van der Waals surface area contributed by atoms with Crippen LogP contribution in [0.5, 0.6) is 5.75 Å². The van der Waals surface area contributed by atoms with Gasteiger partial charge in [-0.3, -0.25) is 4.79 Å². The molecule has 0 unspecified atom stereocenters. The van der Waals surface area contributed by atoms with E-state index in [-0.39, 0.29) is 30.7 Å². The Hall–Kier alpha value is -3.40. The highest BCUT2D eigenvalue weighted by molar-refractivity contribution is 5.96. The van der Waals surface area contributed by atoms with Gasteiger partial charge in [0.1, 0.15) is 17.9 Å². The second-order valence-electron chi connectivity index (χ2n) is 9.03. The lowest BCUT2D eigenvalue weighted by Crippen LogP contribution is -2.49. The molecule has 0 spiro atoms. The quantitative estimate of drug-likeness (QED) is 0.322. The van der Waals surface area contributed by atoms with Crippen molar-refractivity contribution in [3.63, 3.8) is 0 Å². The van der Waals surface area contributed by atoms with Crippen molar-refractivity contribution in [1.29, 1.82) is 0 Å². The van der Waals surface area contributed by atoms with Gasteiger partial charge in [-0.1, -0.05) is 37.3 Å². The fourth-order valence-electron chi connectivity index (χ4n) is 4.76. The molecule has 0 bridgehead atoms. The molecule has 3 heterocycles. The number of nitrogens with zero attached hydrogens (tertiary/aromatic N) is 6. The first-order valence-corrected chi connectivity index (χ1v) is 12.9. The average molecular weight is 573 g/mol. The Labute approximate surface area is 241 Å². The Balaban J connectivity index is 0.00000210. The first-order valence-electron chi connectivity index (χ1n) is 12.9. The van der Waals surface area contributed by atoms with Gasteiger partial charge in [0, 0.05) is 38.3 Å². The highest BCUT2D eigenvalue weighted by atomic mass is 35.5. The molecule has 208 valence electrons. The number of halogens is 2. The summed E-state index contributed by atoms with van der Waals surface area (Å²) in [5, 5.41) is 8.86. The number of anilines is 1. The zero-order valence-electron chi connectivity index (χ0n) is 22.2. The molecule has 1 saturated heterocycles. The van der Waals surface area contributed by atoms with Gasteiger partial charge in [-0.05, 0) is 42.8 Å². The minimum atomic E-state index is 0. The molecular weight excluding hydrogens is 537 g/mol. The molecule has 11 heteroatoms. The molecule has 1 aliphatic heterocycles. The number of benzene rings is 2. The van der Waals surface area contributed by atoms with Crippen LogP contribution in [0.25, 0.3) is 11.0 Å². The zero-order valence-corrected chi connectivity index (χ0v) is 23.9. The van der Waals surface area contributed by atoms with Crippen LogP contribution in [0.3, 0.4) is 0 Å². The van der Waals surface area contributed by atoms with Gasteiger partial charge in [0.25, 0.3) is 5.91 Å². The predicted molar refractivity (Wildman–Crippen MR) is 158 cm³/mol. The van der Waals surface area contributed by atoms with Gasteiger partial charge >= 0.3 is 0 Å². The standard InChI is InChI=1S/C28H33N7O2.2ClH/c1-3-29-17-22-9-5-6-11-24(22)28(36)34-14-12-33(13-15-34)26-25-18-32-35(27(25)31-20-30-26)19-21-8-7-10-23(16-21)37-4-2;;/h5-11,16,18,20,29H,3-4,12-15,17,19H2,1-2H3;2*1H. The van der Waals surface area contributed by atoms with E-state index in [0.29, 0.717) is 45.9 Å². The third-order valence-electron chi connectivity index (χ3n) is 6.63. The number of carbonyl (C=O) groups excluding carboxylic acids is 1. The monoisotopic (exact) mass is 571 g/mol. The van der Waals surface area contributed by atoms with Crippen molar-refractivity contribution in [3.05, 3.63) is 77.7 Å². The normalized spacial score (nSPS) is 13.1. The zero-order chi connectivity index (χ0) is 25.6. The number of aromatic nitrogens is 4. The second kappa shape index (κ2) is 14.1. The van der Waals surface area contributed by atoms with E-state index in [2.05, 4.69) is 38.3 Å². The lowest BCUT2D eigenvalue weighted by molar-refractivity contribution is 0.0745. The van der Waals surface area contributed by atoms with Gasteiger partial charge in [0.05, 0.1) is 24.7 Å². The number of fused-ring (bicyclic) bond motifs is 1. The predicted octanol–water partition coefficient (Wildman–Crippen LogP) is 4.19. The Morgan fingerprint density at radius 1 is 1.00 bits per heavy atom. The number of hydrogen-bond acceptors (Lipinski definition) is 7. The highest BCUT2D eigenvalue weighted by Crippen LogP contribution is 2.25. The topological polar surface area (TPSA) is 88.4 Å². The fraction of sp³-hybridized carbons (Fsp3) is 0.357. The molecule has 4 aromatic rings. The number of nitrogens with one attached hydrogen (secondary N) is 1. The molecular formula is C28H35Cl2N7O2. The van der Waals surface area contributed by atoms with Crippen molar-refractivity contribution in [2.45, 2.75) is 26.9 Å². The second-order valence-corrected chi connectivity index (χ2v) is 9.03. The van der Waals surface area contributed by atoms with Crippen LogP contribution < -0.4 is 15.0 Å². The van der Waals surface area contributed by atoms with Crippen LogP contribution in [0.4, 0.5) is 5.82 Å². The van der Waals surface area contributed by atoms with Gasteiger partial charge in [-0.25, -0.2) is 14.6 Å². The summed E-state index contributed by atoms with van der Waals surface area (Å²) >= 11 is 0. The van der Waals surface area contributed by atoms with Gasteiger partial charge in [0.15, 0.2) is 5.65 Å². The van der Waals surface area contributed by atoms with Crippen LogP contribution in [-0.4, -0.2) is 69.9 Å². The molecule has 39 heavy (non-hydrogen) atoms. The fourth-order valence-corrected chi connectivity index (χ4v) is 4.76. The SMILES string of the molecule is CCNCc1ccccc1C(=O)N1CCN(c2ncnc3c2cnn3Cc2cccc(OCC)c2)CC1.Cl.Cl. The minimum absolute atomic E-state index is 0. The van der Waals surface area contributed by atoms with Gasteiger partial charge in [-0.15, -0.1) is 24.8 Å². The van der Waals surface area contributed by atoms with Gasteiger partial charge < -0.3 is 19.9 Å². The molecule has 2 aromatic heterocycles.